The van der Waals surface area contributed by atoms with Crippen LogP contribution in [-0.2, 0) is 11.2 Å². The zero-order chi connectivity index (χ0) is 15.4. The topological polar surface area (TPSA) is 68.5 Å². The number of carbonyl (C=O) groups excluding carboxylic acids is 1. The maximum Gasteiger partial charge on any atom is 0.273 e. The highest BCUT2D eigenvalue weighted by molar-refractivity contribution is 7.09. The Kier molecular flexibility index (Phi) is 4.82. The number of thiazole rings is 1. The molecule has 5 nitrogen and oxygen atoms in total. The Morgan fingerprint density at radius 3 is 3.00 bits per heavy atom. The van der Waals surface area contributed by atoms with Crippen LogP contribution in [0.5, 0.6) is 0 Å². The first-order chi connectivity index (χ1) is 10.8. The number of carbonyl (C=O) groups is 1. The standard InChI is InChI=1S/C16H19N3O2S/c17-7-6-15-18-13(11-22-15)16(20)19-8-9-21-14(10-19)12-4-2-1-3-5-12/h1-5,11,14H,6-10,17H2. The maximum absolute atomic E-state index is 12.6. The molecule has 116 valence electrons. The molecule has 1 atom stereocenters. The fourth-order valence-corrected chi connectivity index (χ4v) is 3.30. The van der Waals surface area contributed by atoms with E-state index in [9.17, 15) is 4.79 Å². The van der Waals surface area contributed by atoms with Gasteiger partial charge in [0.2, 0.25) is 0 Å². The van der Waals surface area contributed by atoms with Crippen LogP contribution in [0, 0.1) is 0 Å². The molecule has 3 rings (SSSR count). The molecular formula is C16H19N3O2S. The molecule has 6 heteroatoms. The summed E-state index contributed by atoms with van der Waals surface area (Å²) in [5, 5.41) is 2.74. The first-order valence-electron chi connectivity index (χ1n) is 7.38. The minimum atomic E-state index is -0.0685. The van der Waals surface area contributed by atoms with Crippen molar-refractivity contribution in [2.75, 3.05) is 26.2 Å². The summed E-state index contributed by atoms with van der Waals surface area (Å²) < 4.78 is 5.80. The van der Waals surface area contributed by atoms with Gasteiger partial charge in [0.05, 0.1) is 18.2 Å². The lowest BCUT2D eigenvalue weighted by Gasteiger charge is -2.32. The highest BCUT2D eigenvalue weighted by Crippen LogP contribution is 2.23. The molecule has 1 aliphatic rings. The van der Waals surface area contributed by atoms with Gasteiger partial charge in [0.25, 0.3) is 5.91 Å². The molecule has 1 aliphatic heterocycles. The smallest absolute Gasteiger partial charge is 0.273 e. The zero-order valence-corrected chi connectivity index (χ0v) is 13.1. The lowest BCUT2D eigenvalue weighted by molar-refractivity contribution is -0.0229. The quantitative estimate of drug-likeness (QED) is 0.934. The summed E-state index contributed by atoms with van der Waals surface area (Å²) >= 11 is 1.49. The molecule has 2 N–H and O–H groups in total. The van der Waals surface area contributed by atoms with Crippen LogP contribution in [0.15, 0.2) is 35.7 Å². The highest BCUT2D eigenvalue weighted by atomic mass is 32.1. The van der Waals surface area contributed by atoms with E-state index in [1.54, 1.807) is 0 Å². The third-order valence-corrected chi connectivity index (χ3v) is 4.56. The van der Waals surface area contributed by atoms with E-state index in [4.69, 9.17) is 10.5 Å². The third kappa shape index (κ3) is 3.35. The van der Waals surface area contributed by atoms with Gasteiger partial charge in [-0.05, 0) is 12.1 Å². The molecule has 1 aromatic heterocycles. The van der Waals surface area contributed by atoms with Crippen molar-refractivity contribution < 1.29 is 9.53 Å². The molecule has 1 fully saturated rings. The minimum Gasteiger partial charge on any atom is -0.370 e. The molecular weight excluding hydrogens is 298 g/mol. The van der Waals surface area contributed by atoms with E-state index in [0.717, 1.165) is 10.6 Å². The van der Waals surface area contributed by atoms with Crippen LogP contribution in [0.3, 0.4) is 0 Å². The van der Waals surface area contributed by atoms with E-state index in [1.807, 2.05) is 40.6 Å². The number of aromatic nitrogens is 1. The van der Waals surface area contributed by atoms with Crippen LogP contribution in [0.4, 0.5) is 0 Å². The Morgan fingerprint density at radius 2 is 2.23 bits per heavy atom. The molecule has 0 spiro atoms. The second-order valence-corrected chi connectivity index (χ2v) is 6.13. The average molecular weight is 317 g/mol. The number of benzene rings is 1. The number of hydrogen-bond acceptors (Lipinski definition) is 5. The van der Waals surface area contributed by atoms with Crippen molar-refractivity contribution in [2.24, 2.45) is 5.73 Å². The molecule has 1 saturated heterocycles. The molecule has 2 heterocycles. The van der Waals surface area contributed by atoms with Gasteiger partial charge >= 0.3 is 0 Å². The summed E-state index contributed by atoms with van der Waals surface area (Å²) in [7, 11) is 0. The monoisotopic (exact) mass is 317 g/mol. The summed E-state index contributed by atoms with van der Waals surface area (Å²) in [6.45, 7) is 2.26. The summed E-state index contributed by atoms with van der Waals surface area (Å²) in [4.78, 5) is 18.8. The van der Waals surface area contributed by atoms with E-state index < -0.39 is 0 Å². The van der Waals surface area contributed by atoms with Gasteiger partial charge in [0.1, 0.15) is 11.8 Å². The minimum absolute atomic E-state index is 0.0243. The van der Waals surface area contributed by atoms with E-state index in [-0.39, 0.29) is 12.0 Å². The Morgan fingerprint density at radius 1 is 1.41 bits per heavy atom. The Bertz CT molecular complexity index is 629. The fraction of sp³-hybridized carbons (Fsp3) is 0.375. The summed E-state index contributed by atoms with van der Waals surface area (Å²) in [5.41, 5.74) is 7.14. The number of ether oxygens (including phenoxy) is 1. The van der Waals surface area contributed by atoms with Crippen LogP contribution >= 0.6 is 11.3 Å². The van der Waals surface area contributed by atoms with Crippen molar-refractivity contribution in [3.8, 4) is 0 Å². The summed E-state index contributed by atoms with van der Waals surface area (Å²) in [6.07, 6.45) is 0.647. The van der Waals surface area contributed by atoms with Crippen LogP contribution in [0.25, 0.3) is 0 Å². The maximum atomic E-state index is 12.6. The molecule has 1 unspecified atom stereocenters. The molecule has 1 aromatic carbocycles. The number of nitrogens with two attached hydrogens (primary N) is 1. The lowest BCUT2D eigenvalue weighted by Crippen LogP contribution is -2.42. The van der Waals surface area contributed by atoms with Crippen molar-refractivity contribution in [1.82, 2.24) is 9.88 Å². The number of hydrogen-bond donors (Lipinski definition) is 1. The van der Waals surface area contributed by atoms with Crippen LogP contribution in [-0.4, -0.2) is 42.0 Å². The molecule has 1 amide bonds. The van der Waals surface area contributed by atoms with Gasteiger partial charge in [0, 0.05) is 18.3 Å². The summed E-state index contributed by atoms with van der Waals surface area (Å²) in [5.74, 6) is -0.0243. The van der Waals surface area contributed by atoms with Gasteiger partial charge in [-0.15, -0.1) is 11.3 Å². The molecule has 22 heavy (non-hydrogen) atoms. The van der Waals surface area contributed by atoms with E-state index in [1.165, 1.54) is 11.3 Å². The number of nitrogens with zero attached hydrogens (tertiary/aromatic N) is 2. The molecule has 2 aromatic rings. The summed E-state index contributed by atoms with van der Waals surface area (Å²) in [6, 6.07) is 10.0. The average Bonchev–Trinajstić information content (AvgIpc) is 3.04. The van der Waals surface area contributed by atoms with Gasteiger partial charge in [-0.3, -0.25) is 4.79 Å². The first kappa shape index (κ1) is 15.1. The van der Waals surface area contributed by atoms with Crippen LogP contribution < -0.4 is 5.73 Å². The van der Waals surface area contributed by atoms with Gasteiger partial charge in [0.15, 0.2) is 0 Å². The highest BCUT2D eigenvalue weighted by Gasteiger charge is 2.27. The molecule has 0 aliphatic carbocycles. The van der Waals surface area contributed by atoms with E-state index in [0.29, 0.717) is 38.4 Å². The first-order valence-corrected chi connectivity index (χ1v) is 8.26. The predicted octanol–water partition coefficient (Wildman–Crippen LogP) is 1.86. The van der Waals surface area contributed by atoms with Gasteiger partial charge in [-0.1, -0.05) is 30.3 Å². The number of amides is 1. The zero-order valence-electron chi connectivity index (χ0n) is 12.3. The van der Waals surface area contributed by atoms with Crippen molar-refractivity contribution >= 4 is 17.2 Å². The van der Waals surface area contributed by atoms with Gasteiger partial charge in [-0.2, -0.15) is 0 Å². The van der Waals surface area contributed by atoms with E-state index in [2.05, 4.69) is 4.98 Å². The third-order valence-electron chi connectivity index (χ3n) is 3.65. The van der Waals surface area contributed by atoms with E-state index >= 15 is 0 Å². The van der Waals surface area contributed by atoms with Gasteiger partial charge in [-0.25, -0.2) is 4.98 Å². The predicted molar refractivity (Wildman–Crippen MR) is 85.9 cm³/mol. The second kappa shape index (κ2) is 7.00. The SMILES string of the molecule is NCCc1nc(C(=O)N2CCOC(c3ccccc3)C2)cs1. The fourth-order valence-electron chi connectivity index (χ4n) is 2.51. The van der Waals surface area contributed by atoms with Crippen molar-refractivity contribution in [2.45, 2.75) is 12.5 Å². The van der Waals surface area contributed by atoms with Crippen LogP contribution in [0.2, 0.25) is 0 Å². The normalized spacial score (nSPS) is 18.4. The second-order valence-electron chi connectivity index (χ2n) is 5.19. The van der Waals surface area contributed by atoms with Gasteiger partial charge < -0.3 is 15.4 Å². The van der Waals surface area contributed by atoms with Crippen molar-refractivity contribution in [3.05, 3.63) is 52.0 Å². The Balaban J connectivity index is 1.69. The van der Waals surface area contributed by atoms with Crippen LogP contribution in [0.1, 0.15) is 27.2 Å². The number of morpholine rings is 1. The molecule has 0 saturated carbocycles. The Labute approximate surface area is 133 Å². The van der Waals surface area contributed by atoms with Crippen molar-refractivity contribution in [1.29, 1.82) is 0 Å². The van der Waals surface area contributed by atoms with Crippen molar-refractivity contribution in [3.63, 3.8) is 0 Å². The Hall–Kier alpha value is -1.76. The molecule has 0 radical (unpaired) electrons. The largest absolute Gasteiger partial charge is 0.370 e. The lowest BCUT2D eigenvalue weighted by atomic mass is 10.1. The number of rotatable bonds is 4. The molecule has 0 bridgehead atoms.